The van der Waals surface area contributed by atoms with Crippen molar-refractivity contribution in [2.75, 3.05) is 25.0 Å². The third-order valence-electron chi connectivity index (χ3n) is 4.29. The largest absolute Gasteiger partial charge is 0.395 e. The van der Waals surface area contributed by atoms with Crippen LogP contribution < -0.4 is 5.32 Å². The Morgan fingerprint density at radius 2 is 2.14 bits per heavy atom. The highest BCUT2D eigenvalue weighted by Gasteiger charge is 2.25. The van der Waals surface area contributed by atoms with Crippen LogP contribution >= 0.6 is 0 Å². The first-order chi connectivity index (χ1) is 10.2. The van der Waals surface area contributed by atoms with Crippen LogP contribution in [-0.2, 0) is 6.42 Å². The number of benzene rings is 1. The van der Waals surface area contributed by atoms with Gasteiger partial charge in [0, 0.05) is 19.1 Å². The van der Waals surface area contributed by atoms with Gasteiger partial charge < -0.3 is 15.3 Å². The lowest BCUT2D eigenvalue weighted by Gasteiger charge is -2.31. The average molecular weight is 290 g/mol. The second-order valence-corrected chi connectivity index (χ2v) is 5.56. The smallest absolute Gasteiger partial charge is 0.256 e. The highest BCUT2D eigenvalue weighted by atomic mass is 16.3. The molecule has 0 atom stereocenters. The van der Waals surface area contributed by atoms with E-state index in [1.165, 1.54) is 5.56 Å². The molecule has 0 fully saturated rings. The summed E-state index contributed by atoms with van der Waals surface area (Å²) in [4.78, 5) is 14.8. The van der Waals surface area contributed by atoms with Crippen molar-refractivity contribution in [2.45, 2.75) is 45.6 Å². The van der Waals surface area contributed by atoms with Crippen LogP contribution in [0, 0.1) is 0 Å². The van der Waals surface area contributed by atoms with Crippen molar-refractivity contribution >= 4 is 11.6 Å². The van der Waals surface area contributed by atoms with E-state index < -0.39 is 0 Å². The molecule has 1 heterocycles. The van der Waals surface area contributed by atoms with Crippen molar-refractivity contribution in [2.24, 2.45) is 0 Å². The van der Waals surface area contributed by atoms with Gasteiger partial charge in [0.15, 0.2) is 0 Å². The van der Waals surface area contributed by atoms with Gasteiger partial charge in [0.05, 0.1) is 17.9 Å². The van der Waals surface area contributed by atoms with Gasteiger partial charge in [-0.05, 0) is 37.3 Å². The van der Waals surface area contributed by atoms with Crippen molar-refractivity contribution in [3.05, 3.63) is 29.3 Å². The number of para-hydroxylation sites is 1. The maximum Gasteiger partial charge on any atom is 0.256 e. The summed E-state index contributed by atoms with van der Waals surface area (Å²) in [7, 11) is 0. The number of carbonyl (C=O) groups excluding carboxylic acids is 1. The molecule has 2 N–H and O–H groups in total. The maximum atomic E-state index is 12.9. The summed E-state index contributed by atoms with van der Waals surface area (Å²) in [6.45, 7) is 5.50. The van der Waals surface area contributed by atoms with Gasteiger partial charge in [-0.1, -0.05) is 26.0 Å². The number of amides is 1. The Kier molecular flexibility index (Phi) is 5.62. The first-order valence-electron chi connectivity index (χ1n) is 8.00. The molecule has 0 aliphatic carbocycles. The molecule has 0 unspecified atom stereocenters. The minimum atomic E-state index is 0.00466. The lowest BCUT2D eigenvalue weighted by molar-refractivity contribution is 0.0623. The van der Waals surface area contributed by atoms with Crippen molar-refractivity contribution < 1.29 is 9.90 Å². The van der Waals surface area contributed by atoms with E-state index in [0.29, 0.717) is 6.54 Å². The molecule has 1 amide bonds. The molecule has 2 rings (SSSR count). The molecule has 0 radical (unpaired) electrons. The van der Waals surface area contributed by atoms with Crippen LogP contribution in [0.2, 0.25) is 0 Å². The summed E-state index contributed by atoms with van der Waals surface area (Å²) in [5.74, 6) is 0.0315. The van der Waals surface area contributed by atoms with Crippen molar-refractivity contribution in [3.63, 3.8) is 0 Å². The van der Waals surface area contributed by atoms with E-state index in [1.54, 1.807) is 0 Å². The second-order valence-electron chi connectivity index (χ2n) is 5.56. The Bertz CT molecular complexity index is 484. The first-order valence-corrected chi connectivity index (χ1v) is 8.00. The number of anilines is 1. The van der Waals surface area contributed by atoms with E-state index in [-0.39, 0.29) is 18.6 Å². The molecule has 4 heteroatoms. The fraction of sp³-hybridized carbons (Fsp3) is 0.588. The molecule has 4 nitrogen and oxygen atoms in total. The summed E-state index contributed by atoms with van der Waals surface area (Å²) in [5.41, 5.74) is 2.95. The molecule has 0 saturated carbocycles. The van der Waals surface area contributed by atoms with Crippen LogP contribution in [0.15, 0.2) is 18.2 Å². The highest BCUT2D eigenvalue weighted by molar-refractivity contribution is 6.00. The Balaban J connectivity index is 2.32. The molecule has 1 aliphatic heterocycles. The second kappa shape index (κ2) is 7.46. The Morgan fingerprint density at radius 1 is 1.38 bits per heavy atom. The van der Waals surface area contributed by atoms with Gasteiger partial charge in [-0.3, -0.25) is 4.79 Å². The number of fused-ring (bicyclic) bond motifs is 1. The number of hydrogen-bond acceptors (Lipinski definition) is 3. The van der Waals surface area contributed by atoms with Gasteiger partial charge in [-0.15, -0.1) is 0 Å². The Morgan fingerprint density at radius 3 is 2.81 bits per heavy atom. The normalized spacial score (nSPS) is 13.7. The standard InChI is InChI=1S/C17H26N2O2/c1-3-14(4-2)19(11-12-20)17(21)15-9-5-7-13-8-6-10-18-16(13)15/h5,7,9,14,18,20H,3-4,6,8,10-12H2,1-2H3. The molecular weight excluding hydrogens is 264 g/mol. The fourth-order valence-electron chi connectivity index (χ4n) is 3.13. The van der Waals surface area contributed by atoms with E-state index in [1.807, 2.05) is 17.0 Å². The number of carbonyl (C=O) groups is 1. The summed E-state index contributed by atoms with van der Waals surface area (Å²) < 4.78 is 0. The van der Waals surface area contributed by atoms with Crippen LogP contribution in [-0.4, -0.2) is 41.7 Å². The zero-order valence-corrected chi connectivity index (χ0v) is 13.1. The van der Waals surface area contributed by atoms with E-state index in [4.69, 9.17) is 0 Å². The zero-order chi connectivity index (χ0) is 15.2. The van der Waals surface area contributed by atoms with Crippen LogP contribution in [0.3, 0.4) is 0 Å². The van der Waals surface area contributed by atoms with Crippen LogP contribution in [0.5, 0.6) is 0 Å². The fourth-order valence-corrected chi connectivity index (χ4v) is 3.13. The highest BCUT2D eigenvalue weighted by Crippen LogP contribution is 2.28. The predicted molar refractivity (Wildman–Crippen MR) is 85.7 cm³/mol. The van der Waals surface area contributed by atoms with E-state index in [0.717, 1.165) is 43.5 Å². The lowest BCUT2D eigenvalue weighted by Crippen LogP contribution is -2.42. The summed E-state index contributed by atoms with van der Waals surface area (Å²) >= 11 is 0. The van der Waals surface area contributed by atoms with Gasteiger partial charge in [0.25, 0.3) is 5.91 Å². The number of aliphatic hydroxyl groups excluding tert-OH is 1. The third kappa shape index (κ3) is 3.38. The monoisotopic (exact) mass is 290 g/mol. The van der Waals surface area contributed by atoms with Gasteiger partial charge in [-0.2, -0.15) is 0 Å². The number of aryl methyl sites for hydroxylation is 1. The van der Waals surface area contributed by atoms with E-state index in [9.17, 15) is 9.90 Å². The summed E-state index contributed by atoms with van der Waals surface area (Å²) in [6, 6.07) is 6.13. The van der Waals surface area contributed by atoms with Crippen LogP contribution in [0.25, 0.3) is 0 Å². The Labute approximate surface area is 127 Å². The molecule has 0 bridgehead atoms. The van der Waals surface area contributed by atoms with Gasteiger partial charge in [0.2, 0.25) is 0 Å². The van der Waals surface area contributed by atoms with Crippen molar-refractivity contribution in [3.8, 4) is 0 Å². The molecule has 0 spiro atoms. The Hall–Kier alpha value is -1.55. The average Bonchev–Trinajstić information content (AvgIpc) is 2.54. The number of hydrogen-bond donors (Lipinski definition) is 2. The van der Waals surface area contributed by atoms with E-state index >= 15 is 0 Å². The molecule has 0 aromatic heterocycles. The zero-order valence-electron chi connectivity index (χ0n) is 13.1. The van der Waals surface area contributed by atoms with Crippen molar-refractivity contribution in [1.82, 2.24) is 4.90 Å². The minimum Gasteiger partial charge on any atom is -0.395 e. The molecule has 0 saturated heterocycles. The quantitative estimate of drug-likeness (QED) is 0.847. The maximum absolute atomic E-state index is 12.9. The van der Waals surface area contributed by atoms with Gasteiger partial charge in [0.1, 0.15) is 0 Å². The van der Waals surface area contributed by atoms with E-state index in [2.05, 4.69) is 25.2 Å². The van der Waals surface area contributed by atoms with Crippen LogP contribution in [0.4, 0.5) is 5.69 Å². The van der Waals surface area contributed by atoms with Gasteiger partial charge >= 0.3 is 0 Å². The molecule has 1 aromatic rings. The number of rotatable bonds is 6. The minimum absolute atomic E-state index is 0.00466. The third-order valence-corrected chi connectivity index (χ3v) is 4.29. The molecule has 116 valence electrons. The van der Waals surface area contributed by atoms with Gasteiger partial charge in [-0.25, -0.2) is 0 Å². The number of nitrogens with zero attached hydrogens (tertiary/aromatic N) is 1. The molecular formula is C17H26N2O2. The molecule has 21 heavy (non-hydrogen) atoms. The summed E-state index contributed by atoms with van der Waals surface area (Å²) in [5, 5.41) is 12.7. The number of nitrogens with one attached hydrogen (secondary N) is 1. The summed E-state index contributed by atoms with van der Waals surface area (Å²) in [6.07, 6.45) is 3.95. The molecule has 1 aromatic carbocycles. The van der Waals surface area contributed by atoms with Crippen molar-refractivity contribution in [1.29, 1.82) is 0 Å². The number of aliphatic hydroxyl groups is 1. The first kappa shape index (κ1) is 15.8. The SMILES string of the molecule is CCC(CC)N(CCO)C(=O)c1cccc2c1NCCC2. The topological polar surface area (TPSA) is 52.6 Å². The molecule has 1 aliphatic rings. The van der Waals surface area contributed by atoms with Crippen LogP contribution in [0.1, 0.15) is 49.0 Å². The lowest BCUT2D eigenvalue weighted by atomic mass is 9.98. The predicted octanol–water partition coefficient (Wildman–Crippen LogP) is 2.67.